The van der Waals surface area contributed by atoms with Gasteiger partial charge in [0.1, 0.15) is 0 Å². The maximum Gasteiger partial charge on any atom is 0.0507 e. The van der Waals surface area contributed by atoms with Crippen LogP contribution in [0.3, 0.4) is 0 Å². The quantitative estimate of drug-likeness (QED) is 0.801. The first-order valence-electron chi connectivity index (χ1n) is 8.29. The first kappa shape index (κ1) is 15.3. The second-order valence-corrected chi connectivity index (χ2v) is 6.53. The minimum atomic E-state index is 0.702. The van der Waals surface area contributed by atoms with Crippen LogP contribution in [0.4, 0.5) is 0 Å². The van der Waals surface area contributed by atoms with Gasteiger partial charge in [-0.2, -0.15) is 0 Å². The van der Waals surface area contributed by atoms with Crippen LogP contribution in [0.25, 0.3) is 0 Å². The molecule has 0 bridgehead atoms. The number of piperazine rings is 1. The molecule has 0 aromatic rings. The topological polar surface area (TPSA) is 24.5 Å². The third-order valence-electron chi connectivity index (χ3n) is 4.99. The van der Waals surface area contributed by atoms with Gasteiger partial charge in [-0.3, -0.25) is 4.90 Å². The highest BCUT2D eigenvalue weighted by Crippen LogP contribution is 2.23. The van der Waals surface area contributed by atoms with E-state index in [1.54, 1.807) is 0 Å². The van der Waals surface area contributed by atoms with Gasteiger partial charge < -0.3 is 10.1 Å². The molecule has 112 valence electrons. The van der Waals surface area contributed by atoms with Gasteiger partial charge in [-0.1, -0.05) is 33.6 Å². The van der Waals surface area contributed by atoms with Gasteiger partial charge in [0.15, 0.2) is 0 Å². The summed E-state index contributed by atoms with van der Waals surface area (Å²) in [7, 11) is 0. The minimum absolute atomic E-state index is 0.702. The molecule has 0 spiro atoms. The summed E-state index contributed by atoms with van der Waals surface area (Å²) >= 11 is 0. The van der Waals surface area contributed by atoms with Gasteiger partial charge in [-0.15, -0.1) is 0 Å². The molecule has 1 N–H and O–H groups in total. The van der Waals surface area contributed by atoms with Crippen LogP contribution in [0.2, 0.25) is 0 Å². The van der Waals surface area contributed by atoms with Crippen molar-refractivity contribution in [3.63, 3.8) is 0 Å². The zero-order valence-electron chi connectivity index (χ0n) is 13.0. The van der Waals surface area contributed by atoms with Gasteiger partial charge in [0.25, 0.3) is 0 Å². The molecule has 0 amide bonds. The summed E-state index contributed by atoms with van der Waals surface area (Å²) < 4.78 is 5.55. The predicted molar refractivity (Wildman–Crippen MR) is 80.4 cm³/mol. The van der Waals surface area contributed by atoms with Gasteiger partial charge in [0.05, 0.1) is 6.61 Å². The Bertz CT molecular complexity index is 253. The zero-order chi connectivity index (χ0) is 13.7. The smallest absolute Gasteiger partial charge is 0.0507 e. The summed E-state index contributed by atoms with van der Waals surface area (Å²) in [5.74, 6) is 1.56. The predicted octanol–water partition coefficient (Wildman–Crippen LogP) is 2.51. The molecule has 0 radical (unpaired) electrons. The van der Waals surface area contributed by atoms with E-state index in [1.165, 1.54) is 45.3 Å². The number of nitrogens with zero attached hydrogens (tertiary/aromatic N) is 1. The molecule has 3 heteroatoms. The van der Waals surface area contributed by atoms with Gasteiger partial charge in [-0.05, 0) is 24.7 Å². The first-order valence-corrected chi connectivity index (χ1v) is 8.29. The summed E-state index contributed by atoms with van der Waals surface area (Å²) in [6.07, 6.45) is 5.13. The van der Waals surface area contributed by atoms with E-state index < -0.39 is 0 Å². The lowest BCUT2D eigenvalue weighted by atomic mass is 9.92. The molecule has 2 aliphatic heterocycles. The van der Waals surface area contributed by atoms with Gasteiger partial charge >= 0.3 is 0 Å². The van der Waals surface area contributed by atoms with Crippen LogP contribution in [0.1, 0.15) is 46.5 Å². The maximum atomic E-state index is 5.55. The molecule has 19 heavy (non-hydrogen) atoms. The van der Waals surface area contributed by atoms with Crippen LogP contribution in [-0.2, 0) is 4.74 Å². The van der Waals surface area contributed by atoms with Gasteiger partial charge in [0, 0.05) is 38.3 Å². The van der Waals surface area contributed by atoms with E-state index in [-0.39, 0.29) is 0 Å². The molecule has 0 saturated carbocycles. The Morgan fingerprint density at radius 3 is 2.84 bits per heavy atom. The molecule has 2 fully saturated rings. The van der Waals surface area contributed by atoms with Crippen molar-refractivity contribution >= 4 is 0 Å². The highest BCUT2D eigenvalue weighted by atomic mass is 16.5. The number of ether oxygens (including phenoxy) is 1. The Balaban J connectivity index is 1.93. The van der Waals surface area contributed by atoms with Crippen molar-refractivity contribution in [3.05, 3.63) is 0 Å². The largest absolute Gasteiger partial charge is 0.381 e. The molecule has 2 aliphatic rings. The van der Waals surface area contributed by atoms with Gasteiger partial charge in [-0.25, -0.2) is 0 Å². The van der Waals surface area contributed by atoms with Crippen molar-refractivity contribution in [3.8, 4) is 0 Å². The average Bonchev–Trinajstić information content (AvgIpc) is 2.91. The normalized spacial score (nSPS) is 34.6. The summed E-state index contributed by atoms with van der Waals surface area (Å²) in [4.78, 5) is 2.77. The van der Waals surface area contributed by atoms with Crippen LogP contribution in [0, 0.1) is 11.8 Å². The molecule has 4 unspecified atom stereocenters. The molecular formula is C16H32N2O. The van der Waals surface area contributed by atoms with E-state index in [9.17, 15) is 0 Å². The highest BCUT2D eigenvalue weighted by molar-refractivity contribution is 4.89. The van der Waals surface area contributed by atoms with Crippen molar-refractivity contribution in [1.82, 2.24) is 10.2 Å². The summed E-state index contributed by atoms with van der Waals surface area (Å²) in [6, 6.07) is 1.42. The lowest BCUT2D eigenvalue weighted by Gasteiger charge is -2.44. The Morgan fingerprint density at radius 2 is 2.21 bits per heavy atom. The third-order valence-corrected chi connectivity index (χ3v) is 4.99. The zero-order valence-corrected chi connectivity index (χ0v) is 13.0. The van der Waals surface area contributed by atoms with E-state index in [1.807, 2.05) is 0 Å². The lowest BCUT2D eigenvalue weighted by molar-refractivity contribution is 0.0692. The summed E-state index contributed by atoms with van der Waals surface area (Å²) in [5.41, 5.74) is 0. The Labute approximate surface area is 119 Å². The SMILES string of the molecule is CCCC1CN(CC2CCOC2)C(C(C)CC)CN1. The average molecular weight is 268 g/mol. The number of rotatable bonds is 6. The molecule has 4 atom stereocenters. The van der Waals surface area contributed by atoms with E-state index >= 15 is 0 Å². The molecule has 3 nitrogen and oxygen atoms in total. The molecule has 2 rings (SSSR count). The van der Waals surface area contributed by atoms with Crippen LogP contribution >= 0.6 is 0 Å². The fourth-order valence-electron chi connectivity index (χ4n) is 3.54. The van der Waals surface area contributed by atoms with E-state index in [2.05, 4.69) is 31.0 Å². The molecule has 0 aliphatic carbocycles. The lowest BCUT2D eigenvalue weighted by Crippen LogP contribution is -2.59. The Morgan fingerprint density at radius 1 is 1.37 bits per heavy atom. The molecular weight excluding hydrogens is 236 g/mol. The molecule has 2 heterocycles. The monoisotopic (exact) mass is 268 g/mol. The second-order valence-electron chi connectivity index (χ2n) is 6.53. The molecule has 0 aromatic carbocycles. The van der Waals surface area contributed by atoms with Crippen molar-refractivity contribution < 1.29 is 4.74 Å². The Hall–Kier alpha value is -0.120. The maximum absolute atomic E-state index is 5.55. The van der Waals surface area contributed by atoms with Crippen molar-refractivity contribution in [2.75, 3.05) is 32.8 Å². The number of hydrogen-bond donors (Lipinski definition) is 1. The number of hydrogen-bond acceptors (Lipinski definition) is 3. The molecule has 2 saturated heterocycles. The standard InChI is InChI=1S/C16H32N2O/c1-4-6-15-11-18(10-14-7-8-19-12-14)16(9-17-15)13(3)5-2/h13-17H,4-12H2,1-3H3. The highest BCUT2D eigenvalue weighted by Gasteiger charge is 2.32. The van der Waals surface area contributed by atoms with Crippen molar-refractivity contribution in [2.24, 2.45) is 11.8 Å². The fraction of sp³-hybridized carbons (Fsp3) is 1.00. The third kappa shape index (κ3) is 4.17. The fourth-order valence-corrected chi connectivity index (χ4v) is 3.54. The first-order chi connectivity index (χ1) is 9.24. The van der Waals surface area contributed by atoms with E-state index in [4.69, 9.17) is 4.74 Å². The molecule has 0 aromatic heterocycles. The van der Waals surface area contributed by atoms with E-state index in [0.717, 1.165) is 31.1 Å². The second kappa shape index (κ2) is 7.61. The number of nitrogens with one attached hydrogen (secondary N) is 1. The minimum Gasteiger partial charge on any atom is -0.381 e. The van der Waals surface area contributed by atoms with Crippen LogP contribution in [-0.4, -0.2) is 49.8 Å². The summed E-state index contributed by atoms with van der Waals surface area (Å²) in [6.45, 7) is 12.6. The van der Waals surface area contributed by atoms with Crippen molar-refractivity contribution in [2.45, 2.75) is 58.5 Å². The van der Waals surface area contributed by atoms with Crippen LogP contribution in [0.5, 0.6) is 0 Å². The summed E-state index contributed by atoms with van der Waals surface area (Å²) in [5, 5.41) is 3.77. The van der Waals surface area contributed by atoms with Crippen LogP contribution in [0.15, 0.2) is 0 Å². The van der Waals surface area contributed by atoms with E-state index in [0.29, 0.717) is 6.04 Å². The Kier molecular flexibility index (Phi) is 6.11. The van der Waals surface area contributed by atoms with Gasteiger partial charge in [0.2, 0.25) is 0 Å². The van der Waals surface area contributed by atoms with Crippen LogP contribution < -0.4 is 5.32 Å². The van der Waals surface area contributed by atoms with Crippen molar-refractivity contribution in [1.29, 1.82) is 0 Å².